The molecule has 0 unspecified atom stereocenters. The highest BCUT2D eigenvalue weighted by Gasteiger charge is 2.13. The Morgan fingerprint density at radius 3 is 2.76 bits per heavy atom. The summed E-state index contributed by atoms with van der Waals surface area (Å²) in [5.41, 5.74) is 0.949. The molecule has 0 radical (unpaired) electrons. The number of carbonyl (C=O) groups excluding carboxylic acids is 1. The van der Waals surface area contributed by atoms with Crippen LogP contribution in [0.2, 0.25) is 5.02 Å². The second kappa shape index (κ2) is 6.70. The van der Waals surface area contributed by atoms with Crippen LogP contribution in [-0.4, -0.2) is 15.7 Å². The molecule has 0 aliphatic carbocycles. The van der Waals surface area contributed by atoms with Crippen molar-refractivity contribution in [3.05, 3.63) is 82.3 Å². The molecule has 0 atom stereocenters. The molecule has 0 aliphatic heterocycles. The maximum atomic E-state index is 12.6. The van der Waals surface area contributed by atoms with Gasteiger partial charge in [-0.2, -0.15) is 5.10 Å². The van der Waals surface area contributed by atoms with Gasteiger partial charge in [0.2, 0.25) is 0 Å². The summed E-state index contributed by atoms with van der Waals surface area (Å²) in [6, 6.07) is 19.3. The van der Waals surface area contributed by atoms with E-state index in [1.807, 2.05) is 54.6 Å². The maximum absolute atomic E-state index is 12.6. The lowest BCUT2D eigenvalue weighted by Gasteiger charge is -2.09. The first-order chi connectivity index (χ1) is 12.2. The van der Waals surface area contributed by atoms with E-state index in [0.717, 1.165) is 15.6 Å². The highest BCUT2D eigenvalue weighted by molar-refractivity contribution is 7.20. The van der Waals surface area contributed by atoms with E-state index in [0.29, 0.717) is 22.3 Å². The Morgan fingerprint density at radius 1 is 1.12 bits per heavy atom. The normalized spacial score (nSPS) is 10.9. The van der Waals surface area contributed by atoms with Crippen LogP contribution in [0.4, 0.5) is 5.82 Å². The summed E-state index contributed by atoms with van der Waals surface area (Å²) in [5, 5.41) is 8.98. The first-order valence-electron chi connectivity index (χ1n) is 7.76. The van der Waals surface area contributed by atoms with E-state index in [1.54, 1.807) is 16.9 Å². The van der Waals surface area contributed by atoms with Gasteiger partial charge < -0.3 is 5.32 Å². The molecule has 1 N–H and O–H groups in total. The summed E-state index contributed by atoms with van der Waals surface area (Å²) in [6.07, 6.45) is 1.66. The molecule has 2 heterocycles. The van der Waals surface area contributed by atoms with Crippen molar-refractivity contribution in [1.82, 2.24) is 9.78 Å². The van der Waals surface area contributed by atoms with Gasteiger partial charge in [0, 0.05) is 15.8 Å². The fourth-order valence-corrected chi connectivity index (χ4v) is 3.78. The van der Waals surface area contributed by atoms with Crippen LogP contribution in [-0.2, 0) is 6.54 Å². The van der Waals surface area contributed by atoms with E-state index in [2.05, 4.69) is 10.4 Å². The molecular formula is C19H14ClN3OS. The fraction of sp³-hybridized carbons (Fsp3) is 0.0526. The molecule has 6 heteroatoms. The maximum Gasteiger partial charge on any atom is 0.266 e. The van der Waals surface area contributed by atoms with E-state index >= 15 is 0 Å². The average Bonchev–Trinajstić information content (AvgIpc) is 3.23. The Bertz CT molecular complexity index is 1020. The molecule has 0 saturated carbocycles. The summed E-state index contributed by atoms with van der Waals surface area (Å²) in [5.74, 6) is 0.504. The number of rotatable bonds is 4. The van der Waals surface area contributed by atoms with Crippen molar-refractivity contribution in [2.45, 2.75) is 6.54 Å². The average molecular weight is 368 g/mol. The van der Waals surface area contributed by atoms with Crippen molar-refractivity contribution in [3.8, 4) is 0 Å². The number of aromatic nitrogens is 2. The van der Waals surface area contributed by atoms with E-state index in [-0.39, 0.29) is 5.91 Å². The van der Waals surface area contributed by atoms with Gasteiger partial charge in [0.05, 0.1) is 17.6 Å². The van der Waals surface area contributed by atoms with Crippen molar-refractivity contribution in [2.75, 3.05) is 5.32 Å². The molecule has 0 saturated heterocycles. The Hall–Kier alpha value is -2.63. The SMILES string of the molecule is O=C(Nc1ccnn1Cc1ccccc1Cl)c1cc2ccccc2s1. The predicted octanol–water partition coefficient (Wildman–Crippen LogP) is 5.05. The molecule has 1 amide bonds. The van der Waals surface area contributed by atoms with Crippen LogP contribution in [0.15, 0.2) is 66.9 Å². The van der Waals surface area contributed by atoms with Crippen molar-refractivity contribution in [1.29, 1.82) is 0 Å². The summed E-state index contributed by atoms with van der Waals surface area (Å²) in [4.78, 5) is 13.3. The highest BCUT2D eigenvalue weighted by atomic mass is 35.5. The molecule has 0 fully saturated rings. The third-order valence-electron chi connectivity index (χ3n) is 3.89. The van der Waals surface area contributed by atoms with Crippen LogP contribution in [0.25, 0.3) is 10.1 Å². The Morgan fingerprint density at radius 2 is 1.92 bits per heavy atom. The number of anilines is 1. The summed E-state index contributed by atoms with van der Waals surface area (Å²) < 4.78 is 2.82. The minimum absolute atomic E-state index is 0.137. The van der Waals surface area contributed by atoms with E-state index in [1.165, 1.54) is 11.3 Å². The smallest absolute Gasteiger partial charge is 0.266 e. The number of nitrogens with zero attached hydrogens (tertiary/aromatic N) is 2. The number of halogens is 1. The largest absolute Gasteiger partial charge is 0.306 e. The first-order valence-corrected chi connectivity index (χ1v) is 8.95. The lowest BCUT2D eigenvalue weighted by Crippen LogP contribution is -2.15. The van der Waals surface area contributed by atoms with Crippen LogP contribution in [0.5, 0.6) is 0 Å². The predicted molar refractivity (Wildman–Crippen MR) is 103 cm³/mol. The number of benzene rings is 2. The number of hydrogen-bond acceptors (Lipinski definition) is 3. The van der Waals surface area contributed by atoms with Crippen molar-refractivity contribution < 1.29 is 4.79 Å². The molecule has 4 aromatic rings. The van der Waals surface area contributed by atoms with Crippen LogP contribution in [0.1, 0.15) is 15.2 Å². The minimum atomic E-state index is -0.137. The zero-order valence-corrected chi connectivity index (χ0v) is 14.7. The van der Waals surface area contributed by atoms with Gasteiger partial charge >= 0.3 is 0 Å². The number of fused-ring (bicyclic) bond motifs is 1. The van der Waals surface area contributed by atoms with Gasteiger partial charge in [-0.3, -0.25) is 4.79 Å². The van der Waals surface area contributed by atoms with Crippen LogP contribution >= 0.6 is 22.9 Å². The van der Waals surface area contributed by atoms with E-state index in [9.17, 15) is 4.79 Å². The molecule has 25 heavy (non-hydrogen) atoms. The zero-order chi connectivity index (χ0) is 17.2. The first kappa shape index (κ1) is 15.9. The van der Waals surface area contributed by atoms with Gasteiger partial charge in [-0.25, -0.2) is 4.68 Å². The molecule has 4 nitrogen and oxygen atoms in total. The molecule has 124 valence electrons. The second-order valence-corrected chi connectivity index (χ2v) is 7.06. The van der Waals surface area contributed by atoms with E-state index in [4.69, 9.17) is 11.6 Å². The summed E-state index contributed by atoms with van der Waals surface area (Å²) >= 11 is 7.69. The highest BCUT2D eigenvalue weighted by Crippen LogP contribution is 2.26. The van der Waals surface area contributed by atoms with Gasteiger partial charge in [0.25, 0.3) is 5.91 Å². The molecule has 0 spiro atoms. The van der Waals surface area contributed by atoms with Gasteiger partial charge in [0.15, 0.2) is 0 Å². The van der Waals surface area contributed by atoms with Gasteiger partial charge in [0.1, 0.15) is 5.82 Å². The molecule has 0 bridgehead atoms. The van der Waals surface area contributed by atoms with Gasteiger partial charge in [-0.05, 0) is 29.1 Å². The number of amides is 1. The quantitative estimate of drug-likeness (QED) is 0.548. The van der Waals surface area contributed by atoms with Crippen molar-refractivity contribution >= 4 is 44.7 Å². The third kappa shape index (κ3) is 3.29. The Balaban J connectivity index is 1.56. The van der Waals surface area contributed by atoms with Crippen LogP contribution in [0.3, 0.4) is 0 Å². The number of thiophene rings is 1. The van der Waals surface area contributed by atoms with Crippen molar-refractivity contribution in [3.63, 3.8) is 0 Å². The Kier molecular flexibility index (Phi) is 4.26. The topological polar surface area (TPSA) is 46.9 Å². The molecule has 0 aliphatic rings. The standard InChI is InChI=1S/C19H14ClN3OS/c20-15-7-3-1-6-14(15)12-23-18(9-10-21-23)22-19(24)17-11-13-5-2-4-8-16(13)25-17/h1-11H,12H2,(H,22,24). The van der Waals surface area contributed by atoms with Gasteiger partial charge in [-0.1, -0.05) is 48.0 Å². The van der Waals surface area contributed by atoms with Gasteiger partial charge in [-0.15, -0.1) is 11.3 Å². The zero-order valence-electron chi connectivity index (χ0n) is 13.1. The summed E-state index contributed by atoms with van der Waals surface area (Å²) in [7, 11) is 0. The monoisotopic (exact) mass is 367 g/mol. The molecular weight excluding hydrogens is 354 g/mol. The fourth-order valence-electron chi connectivity index (χ4n) is 2.62. The van der Waals surface area contributed by atoms with Crippen molar-refractivity contribution in [2.24, 2.45) is 0 Å². The number of hydrogen-bond donors (Lipinski definition) is 1. The molecule has 2 aromatic carbocycles. The van der Waals surface area contributed by atoms with E-state index < -0.39 is 0 Å². The van der Waals surface area contributed by atoms with Crippen LogP contribution in [0, 0.1) is 0 Å². The minimum Gasteiger partial charge on any atom is -0.306 e. The lowest BCUT2D eigenvalue weighted by molar-refractivity contribution is 0.102. The second-order valence-electron chi connectivity index (χ2n) is 5.57. The van der Waals surface area contributed by atoms with Crippen LogP contribution < -0.4 is 5.32 Å². The number of nitrogens with one attached hydrogen (secondary N) is 1. The molecule has 4 rings (SSSR count). The number of carbonyl (C=O) groups is 1. The molecule has 2 aromatic heterocycles. The summed E-state index contributed by atoms with van der Waals surface area (Å²) in [6.45, 7) is 0.495. The Labute approximate surface area is 153 Å². The lowest BCUT2D eigenvalue weighted by atomic mass is 10.2. The third-order valence-corrected chi connectivity index (χ3v) is 5.37.